The maximum Gasteiger partial charge on any atom is 0.273 e. The molecular weight excluding hydrogens is 288 g/mol. The maximum atomic E-state index is 12.5. The van der Waals surface area contributed by atoms with Gasteiger partial charge in [0.05, 0.1) is 0 Å². The van der Waals surface area contributed by atoms with Gasteiger partial charge in [0.1, 0.15) is 5.71 Å². The minimum absolute atomic E-state index is 0.183. The summed E-state index contributed by atoms with van der Waals surface area (Å²) >= 11 is 0. The van der Waals surface area contributed by atoms with Crippen molar-refractivity contribution in [3.63, 3.8) is 0 Å². The first-order valence-electron chi connectivity index (χ1n) is 7.71. The number of hydrogen-bond acceptors (Lipinski definition) is 3. The van der Waals surface area contributed by atoms with E-state index in [-0.39, 0.29) is 12.0 Å². The van der Waals surface area contributed by atoms with E-state index < -0.39 is 0 Å². The van der Waals surface area contributed by atoms with Crippen LogP contribution in [0.5, 0.6) is 0 Å². The molecular formula is C19H20N2O2. The van der Waals surface area contributed by atoms with Crippen LogP contribution in [-0.2, 0) is 9.63 Å². The predicted molar refractivity (Wildman–Crippen MR) is 91.6 cm³/mol. The standard InChI is InChI=1S/C19H20N2O2/c1-12-9-13(2)18(14(3)10-12)20-19(22)16-11-17(23-21-16)15-7-5-4-6-8-15/h4-10,17H,11H2,1-3H3,(H,20,22). The SMILES string of the molecule is Cc1cc(C)c(NC(=O)C2=NOC(c3ccccc3)C2)c(C)c1. The molecule has 3 rings (SSSR count). The fourth-order valence-electron chi connectivity index (χ4n) is 2.92. The molecule has 1 aliphatic heterocycles. The number of carbonyl (C=O) groups excluding carboxylic acids is 1. The second-order valence-corrected chi connectivity index (χ2v) is 5.97. The molecule has 4 nitrogen and oxygen atoms in total. The van der Waals surface area contributed by atoms with Gasteiger partial charge in [-0.1, -0.05) is 53.2 Å². The summed E-state index contributed by atoms with van der Waals surface area (Å²) in [5.74, 6) is -0.196. The molecule has 1 atom stereocenters. The van der Waals surface area contributed by atoms with Crippen molar-refractivity contribution < 1.29 is 9.63 Å². The van der Waals surface area contributed by atoms with E-state index in [2.05, 4.69) is 22.6 Å². The average Bonchev–Trinajstić information content (AvgIpc) is 3.01. The summed E-state index contributed by atoms with van der Waals surface area (Å²) in [7, 11) is 0. The Labute approximate surface area is 136 Å². The summed E-state index contributed by atoms with van der Waals surface area (Å²) in [6.07, 6.45) is 0.303. The van der Waals surface area contributed by atoms with Crippen LogP contribution in [0.4, 0.5) is 5.69 Å². The zero-order chi connectivity index (χ0) is 16.4. The Morgan fingerprint density at radius 1 is 1.13 bits per heavy atom. The Morgan fingerprint density at radius 3 is 2.43 bits per heavy atom. The van der Waals surface area contributed by atoms with Gasteiger partial charge in [-0.05, 0) is 37.5 Å². The van der Waals surface area contributed by atoms with Crippen LogP contribution >= 0.6 is 0 Å². The predicted octanol–water partition coefficient (Wildman–Crippen LogP) is 4.07. The lowest BCUT2D eigenvalue weighted by atomic mass is 10.0. The van der Waals surface area contributed by atoms with E-state index in [0.29, 0.717) is 12.1 Å². The molecule has 2 aromatic rings. The topological polar surface area (TPSA) is 50.7 Å². The van der Waals surface area contributed by atoms with Crippen molar-refractivity contribution in [1.82, 2.24) is 0 Å². The number of carbonyl (C=O) groups is 1. The highest BCUT2D eigenvalue weighted by Gasteiger charge is 2.27. The number of rotatable bonds is 3. The number of amides is 1. The normalized spacial score (nSPS) is 16.7. The van der Waals surface area contributed by atoms with Gasteiger partial charge in [-0.2, -0.15) is 0 Å². The third-order valence-electron chi connectivity index (χ3n) is 4.02. The molecule has 2 aromatic carbocycles. The summed E-state index contributed by atoms with van der Waals surface area (Å²) in [6.45, 7) is 6.04. The first kappa shape index (κ1) is 15.3. The Morgan fingerprint density at radius 2 is 1.78 bits per heavy atom. The molecule has 0 aromatic heterocycles. The lowest BCUT2D eigenvalue weighted by molar-refractivity contribution is -0.110. The van der Waals surface area contributed by atoms with Crippen molar-refractivity contribution >= 4 is 17.3 Å². The van der Waals surface area contributed by atoms with Gasteiger partial charge in [0.25, 0.3) is 5.91 Å². The smallest absolute Gasteiger partial charge is 0.273 e. The van der Waals surface area contributed by atoms with Gasteiger partial charge in [-0.25, -0.2) is 0 Å². The van der Waals surface area contributed by atoms with Crippen LogP contribution in [-0.4, -0.2) is 11.6 Å². The number of nitrogens with one attached hydrogen (secondary N) is 1. The van der Waals surface area contributed by atoms with E-state index in [1.165, 1.54) is 5.56 Å². The Bertz CT molecular complexity index is 743. The summed E-state index contributed by atoms with van der Waals surface area (Å²) in [5.41, 5.74) is 5.60. The quantitative estimate of drug-likeness (QED) is 0.929. The third kappa shape index (κ3) is 3.26. The fraction of sp³-hybridized carbons (Fsp3) is 0.263. The highest BCUT2D eigenvalue weighted by atomic mass is 16.6. The number of nitrogens with zero attached hydrogens (tertiary/aromatic N) is 1. The highest BCUT2D eigenvalue weighted by molar-refractivity contribution is 6.43. The van der Waals surface area contributed by atoms with Gasteiger partial charge in [-0.15, -0.1) is 0 Å². The molecule has 1 N–H and O–H groups in total. The Hall–Kier alpha value is -2.62. The van der Waals surface area contributed by atoms with Crippen LogP contribution in [0, 0.1) is 20.8 Å². The summed E-state index contributed by atoms with van der Waals surface area (Å²) in [5, 5.41) is 6.94. The molecule has 1 heterocycles. The number of hydrogen-bond donors (Lipinski definition) is 1. The van der Waals surface area contributed by atoms with Crippen LogP contribution in [0.25, 0.3) is 0 Å². The van der Waals surface area contributed by atoms with Crippen molar-refractivity contribution in [3.05, 3.63) is 64.7 Å². The molecule has 1 aliphatic rings. The lowest BCUT2D eigenvalue weighted by Gasteiger charge is -2.12. The highest BCUT2D eigenvalue weighted by Crippen LogP contribution is 2.28. The van der Waals surface area contributed by atoms with Crippen molar-refractivity contribution in [2.24, 2.45) is 5.16 Å². The molecule has 0 saturated carbocycles. The lowest BCUT2D eigenvalue weighted by Crippen LogP contribution is -2.23. The zero-order valence-corrected chi connectivity index (χ0v) is 13.6. The second kappa shape index (κ2) is 6.24. The minimum atomic E-state index is -0.196. The molecule has 4 heteroatoms. The molecule has 0 radical (unpaired) electrons. The molecule has 0 saturated heterocycles. The number of oxime groups is 1. The number of aryl methyl sites for hydroxylation is 3. The van der Waals surface area contributed by atoms with Crippen LogP contribution in [0.2, 0.25) is 0 Å². The molecule has 0 bridgehead atoms. The van der Waals surface area contributed by atoms with Gasteiger partial charge in [0.15, 0.2) is 6.10 Å². The second-order valence-electron chi connectivity index (χ2n) is 5.97. The Kier molecular flexibility index (Phi) is 4.15. The van der Waals surface area contributed by atoms with E-state index in [4.69, 9.17) is 4.84 Å². The zero-order valence-electron chi connectivity index (χ0n) is 13.6. The monoisotopic (exact) mass is 308 g/mol. The summed E-state index contributed by atoms with van der Waals surface area (Å²) < 4.78 is 0. The van der Waals surface area contributed by atoms with E-state index in [9.17, 15) is 4.79 Å². The third-order valence-corrected chi connectivity index (χ3v) is 4.02. The van der Waals surface area contributed by atoms with E-state index in [0.717, 1.165) is 22.4 Å². The van der Waals surface area contributed by atoms with E-state index in [1.807, 2.05) is 51.1 Å². The van der Waals surface area contributed by atoms with Crippen molar-refractivity contribution in [2.75, 3.05) is 5.32 Å². The van der Waals surface area contributed by atoms with Crippen molar-refractivity contribution in [2.45, 2.75) is 33.3 Å². The summed E-state index contributed by atoms with van der Waals surface area (Å²) in [4.78, 5) is 17.9. The molecule has 1 amide bonds. The van der Waals surface area contributed by atoms with Gasteiger partial charge in [-0.3, -0.25) is 4.79 Å². The number of benzene rings is 2. The first-order chi connectivity index (χ1) is 11.0. The largest absolute Gasteiger partial charge is 0.387 e. The first-order valence-corrected chi connectivity index (χ1v) is 7.71. The van der Waals surface area contributed by atoms with Gasteiger partial charge in [0.2, 0.25) is 0 Å². The van der Waals surface area contributed by atoms with Crippen LogP contribution < -0.4 is 5.32 Å². The average molecular weight is 308 g/mol. The molecule has 0 spiro atoms. The molecule has 118 valence electrons. The molecule has 0 aliphatic carbocycles. The number of anilines is 1. The van der Waals surface area contributed by atoms with Crippen molar-refractivity contribution in [3.8, 4) is 0 Å². The molecule has 23 heavy (non-hydrogen) atoms. The van der Waals surface area contributed by atoms with Crippen molar-refractivity contribution in [1.29, 1.82) is 0 Å². The van der Waals surface area contributed by atoms with Crippen LogP contribution in [0.3, 0.4) is 0 Å². The van der Waals surface area contributed by atoms with Gasteiger partial charge in [0, 0.05) is 12.1 Å². The fourth-order valence-corrected chi connectivity index (χ4v) is 2.92. The molecule has 0 fully saturated rings. The van der Waals surface area contributed by atoms with E-state index in [1.54, 1.807) is 0 Å². The van der Waals surface area contributed by atoms with Gasteiger partial charge >= 0.3 is 0 Å². The maximum absolute atomic E-state index is 12.5. The van der Waals surface area contributed by atoms with Crippen LogP contribution in [0.1, 0.15) is 34.8 Å². The summed E-state index contributed by atoms with van der Waals surface area (Å²) in [6, 6.07) is 13.9. The van der Waals surface area contributed by atoms with Gasteiger partial charge < -0.3 is 10.2 Å². The molecule has 1 unspecified atom stereocenters. The Balaban J connectivity index is 1.71. The minimum Gasteiger partial charge on any atom is -0.387 e. The van der Waals surface area contributed by atoms with Crippen LogP contribution in [0.15, 0.2) is 47.6 Å². The van der Waals surface area contributed by atoms with E-state index >= 15 is 0 Å².